The van der Waals surface area contributed by atoms with Crippen LogP contribution < -0.4 is 10.2 Å². The van der Waals surface area contributed by atoms with E-state index in [0.29, 0.717) is 0 Å². The first-order valence-electron chi connectivity index (χ1n) is 8.82. The monoisotopic (exact) mass is 366 g/mol. The molecule has 0 saturated carbocycles. The van der Waals surface area contributed by atoms with Gasteiger partial charge in [0.05, 0.1) is 10.6 Å². The predicted octanol–water partition coefficient (Wildman–Crippen LogP) is 3.76. The third-order valence-corrected chi connectivity index (χ3v) is 5.87. The molecule has 3 heterocycles. The molecular formula is C20H22N4OS. The standard InChI is InChI=1S/C20H22N4OS/c1-13-5-6-15(10-14(13)2)20(25)21-16-7-8-24(12-16)19-11-17(22-23-19)18-4-3-9-26-18/h3-6,9-11,16H,7-8,12H2,1-2H3,(H,21,25)(H,22,23). The maximum absolute atomic E-state index is 12.5. The van der Waals surface area contributed by atoms with Gasteiger partial charge in [-0.05, 0) is 55.0 Å². The lowest BCUT2D eigenvalue weighted by Gasteiger charge is -2.16. The highest BCUT2D eigenvalue weighted by molar-refractivity contribution is 7.13. The van der Waals surface area contributed by atoms with E-state index < -0.39 is 0 Å². The summed E-state index contributed by atoms with van der Waals surface area (Å²) >= 11 is 1.69. The molecule has 1 fully saturated rings. The molecule has 1 saturated heterocycles. The fourth-order valence-electron chi connectivity index (χ4n) is 3.27. The largest absolute Gasteiger partial charge is 0.353 e. The van der Waals surface area contributed by atoms with Crippen molar-refractivity contribution in [3.63, 3.8) is 0 Å². The number of carbonyl (C=O) groups excluding carboxylic acids is 1. The van der Waals surface area contributed by atoms with Crippen molar-refractivity contribution < 1.29 is 4.79 Å². The first kappa shape index (κ1) is 16.8. The van der Waals surface area contributed by atoms with E-state index in [1.807, 2.05) is 31.2 Å². The number of aryl methyl sites for hydroxylation is 2. The minimum Gasteiger partial charge on any atom is -0.353 e. The molecular weight excluding hydrogens is 344 g/mol. The van der Waals surface area contributed by atoms with E-state index in [4.69, 9.17) is 0 Å². The van der Waals surface area contributed by atoms with E-state index in [1.54, 1.807) is 11.3 Å². The maximum atomic E-state index is 12.5. The molecule has 4 rings (SSSR count). The number of carbonyl (C=O) groups is 1. The van der Waals surface area contributed by atoms with Crippen molar-refractivity contribution in [2.75, 3.05) is 18.0 Å². The van der Waals surface area contributed by atoms with Gasteiger partial charge in [0.25, 0.3) is 5.91 Å². The highest BCUT2D eigenvalue weighted by atomic mass is 32.1. The number of amides is 1. The van der Waals surface area contributed by atoms with Gasteiger partial charge in [0.1, 0.15) is 0 Å². The molecule has 134 valence electrons. The molecule has 2 N–H and O–H groups in total. The van der Waals surface area contributed by atoms with Crippen molar-refractivity contribution in [2.24, 2.45) is 0 Å². The van der Waals surface area contributed by atoms with E-state index in [-0.39, 0.29) is 11.9 Å². The Balaban J connectivity index is 1.39. The number of hydrogen-bond donors (Lipinski definition) is 2. The third kappa shape index (κ3) is 3.37. The van der Waals surface area contributed by atoms with Gasteiger partial charge in [-0.15, -0.1) is 11.3 Å². The Bertz CT molecular complexity index is 916. The molecule has 1 unspecified atom stereocenters. The molecule has 6 heteroatoms. The number of rotatable bonds is 4. The van der Waals surface area contributed by atoms with E-state index in [1.165, 1.54) is 10.4 Å². The lowest BCUT2D eigenvalue weighted by Crippen LogP contribution is -2.37. The zero-order valence-corrected chi connectivity index (χ0v) is 15.8. The van der Waals surface area contributed by atoms with Gasteiger partial charge >= 0.3 is 0 Å². The van der Waals surface area contributed by atoms with Crippen LogP contribution in [0, 0.1) is 13.8 Å². The quantitative estimate of drug-likeness (QED) is 0.739. The molecule has 0 aliphatic carbocycles. The van der Waals surface area contributed by atoms with E-state index in [2.05, 4.69) is 44.9 Å². The Labute approximate surface area is 157 Å². The first-order chi connectivity index (χ1) is 12.6. The number of aromatic nitrogens is 2. The number of thiophene rings is 1. The molecule has 1 aliphatic rings. The van der Waals surface area contributed by atoms with Gasteiger partial charge < -0.3 is 10.2 Å². The van der Waals surface area contributed by atoms with Crippen LogP contribution in [0.3, 0.4) is 0 Å². The molecule has 1 aromatic carbocycles. The fourth-order valence-corrected chi connectivity index (χ4v) is 3.96. The van der Waals surface area contributed by atoms with Crippen molar-refractivity contribution >= 4 is 23.1 Å². The van der Waals surface area contributed by atoms with Gasteiger partial charge in [-0.2, -0.15) is 5.10 Å². The predicted molar refractivity (Wildman–Crippen MR) is 106 cm³/mol. The van der Waals surface area contributed by atoms with Crippen molar-refractivity contribution in [3.8, 4) is 10.6 Å². The highest BCUT2D eigenvalue weighted by Crippen LogP contribution is 2.27. The molecule has 5 nitrogen and oxygen atoms in total. The van der Waals surface area contributed by atoms with Crippen LogP contribution in [0.4, 0.5) is 5.82 Å². The van der Waals surface area contributed by atoms with Gasteiger partial charge in [-0.1, -0.05) is 12.1 Å². The Kier molecular flexibility index (Phi) is 4.51. The summed E-state index contributed by atoms with van der Waals surface area (Å²) in [5.41, 5.74) is 4.11. The molecule has 0 spiro atoms. The Morgan fingerprint density at radius 2 is 2.15 bits per heavy atom. The number of nitrogens with zero attached hydrogens (tertiary/aromatic N) is 2. The summed E-state index contributed by atoms with van der Waals surface area (Å²) in [5.74, 6) is 0.942. The molecule has 26 heavy (non-hydrogen) atoms. The summed E-state index contributed by atoms with van der Waals surface area (Å²) in [6.45, 7) is 5.77. The molecule has 1 amide bonds. The van der Waals surface area contributed by atoms with Crippen LogP contribution in [0.2, 0.25) is 0 Å². The molecule has 0 bridgehead atoms. The second-order valence-corrected chi connectivity index (χ2v) is 7.77. The van der Waals surface area contributed by atoms with Gasteiger partial charge in [-0.3, -0.25) is 9.89 Å². The summed E-state index contributed by atoms with van der Waals surface area (Å²) in [6, 6.07) is 12.2. The van der Waals surface area contributed by atoms with Crippen LogP contribution >= 0.6 is 11.3 Å². The van der Waals surface area contributed by atoms with E-state index >= 15 is 0 Å². The number of hydrogen-bond acceptors (Lipinski definition) is 4. The maximum Gasteiger partial charge on any atom is 0.251 e. The summed E-state index contributed by atoms with van der Waals surface area (Å²) in [6.07, 6.45) is 0.928. The molecule has 0 radical (unpaired) electrons. The summed E-state index contributed by atoms with van der Waals surface area (Å²) in [4.78, 5) is 15.9. The molecule has 1 aliphatic heterocycles. The minimum atomic E-state index is 0.00116. The lowest BCUT2D eigenvalue weighted by atomic mass is 10.1. The number of nitrogens with one attached hydrogen (secondary N) is 2. The third-order valence-electron chi connectivity index (χ3n) is 4.97. The molecule has 2 aromatic heterocycles. The van der Waals surface area contributed by atoms with Gasteiger partial charge in [-0.25, -0.2) is 0 Å². The van der Waals surface area contributed by atoms with Crippen molar-refractivity contribution in [1.29, 1.82) is 0 Å². The first-order valence-corrected chi connectivity index (χ1v) is 9.70. The van der Waals surface area contributed by atoms with Gasteiger partial charge in [0.2, 0.25) is 0 Å². The van der Waals surface area contributed by atoms with Crippen molar-refractivity contribution in [2.45, 2.75) is 26.3 Å². The van der Waals surface area contributed by atoms with Crippen LogP contribution in [0.1, 0.15) is 27.9 Å². The van der Waals surface area contributed by atoms with Crippen LogP contribution in [-0.2, 0) is 0 Å². The normalized spacial score (nSPS) is 16.8. The summed E-state index contributed by atoms with van der Waals surface area (Å²) < 4.78 is 0. The lowest BCUT2D eigenvalue weighted by molar-refractivity contribution is 0.0940. The van der Waals surface area contributed by atoms with Gasteiger partial charge in [0, 0.05) is 30.8 Å². The van der Waals surface area contributed by atoms with Gasteiger partial charge in [0.15, 0.2) is 5.82 Å². The zero-order chi connectivity index (χ0) is 18.1. The number of benzene rings is 1. The fraction of sp³-hybridized carbons (Fsp3) is 0.300. The van der Waals surface area contributed by atoms with E-state index in [0.717, 1.165) is 42.1 Å². The Morgan fingerprint density at radius 1 is 1.27 bits per heavy atom. The van der Waals surface area contributed by atoms with Crippen LogP contribution in [-0.4, -0.2) is 35.2 Å². The van der Waals surface area contributed by atoms with Crippen LogP contribution in [0.15, 0.2) is 41.8 Å². The van der Waals surface area contributed by atoms with E-state index in [9.17, 15) is 4.79 Å². The van der Waals surface area contributed by atoms with Crippen molar-refractivity contribution in [1.82, 2.24) is 15.5 Å². The number of H-pyrrole nitrogens is 1. The topological polar surface area (TPSA) is 61.0 Å². The van der Waals surface area contributed by atoms with Crippen molar-refractivity contribution in [3.05, 3.63) is 58.5 Å². The Hall–Kier alpha value is -2.60. The average molecular weight is 366 g/mol. The number of aromatic amines is 1. The summed E-state index contributed by atoms with van der Waals surface area (Å²) in [5, 5.41) is 12.8. The Morgan fingerprint density at radius 3 is 2.92 bits per heavy atom. The SMILES string of the molecule is Cc1ccc(C(=O)NC2CCN(c3cc(-c4cccs4)[nH]n3)C2)cc1C. The summed E-state index contributed by atoms with van der Waals surface area (Å²) in [7, 11) is 0. The van der Waals surface area contributed by atoms with Crippen LogP contribution in [0.5, 0.6) is 0 Å². The zero-order valence-electron chi connectivity index (χ0n) is 15.0. The molecule has 3 aromatic rings. The second-order valence-electron chi connectivity index (χ2n) is 6.82. The minimum absolute atomic E-state index is 0.00116. The smallest absolute Gasteiger partial charge is 0.251 e. The van der Waals surface area contributed by atoms with Crippen LogP contribution in [0.25, 0.3) is 10.6 Å². The highest BCUT2D eigenvalue weighted by Gasteiger charge is 2.26. The molecule has 1 atom stereocenters. The average Bonchev–Trinajstić information content (AvgIpc) is 3.37. The number of anilines is 1. The second kappa shape index (κ2) is 6.96.